The highest BCUT2D eigenvalue weighted by atomic mass is 32.2. The van der Waals surface area contributed by atoms with Crippen LogP contribution < -0.4 is 4.72 Å². The van der Waals surface area contributed by atoms with E-state index in [1.807, 2.05) is 0 Å². The molecular formula is C15H17FN2O6S. The zero-order valence-corrected chi connectivity index (χ0v) is 14.2. The second-order valence-corrected chi connectivity index (χ2v) is 7.12. The van der Waals surface area contributed by atoms with Crippen molar-refractivity contribution in [3.63, 3.8) is 0 Å². The molecule has 0 spiro atoms. The number of benzene rings is 1. The Bertz CT molecular complexity index is 762. The molecule has 0 bridgehead atoms. The lowest BCUT2D eigenvalue weighted by Gasteiger charge is -2.19. The Morgan fingerprint density at radius 2 is 1.80 bits per heavy atom. The molecule has 8 nitrogen and oxygen atoms in total. The Labute approximate surface area is 143 Å². The SMILES string of the molecule is CCC[C@H](NS(=O)(=O)c1ccc(F)cc1)C(=O)ON1C(=O)CCC1=O. The summed E-state index contributed by atoms with van der Waals surface area (Å²) in [7, 11) is -4.11. The number of amides is 2. The third-order valence-corrected chi connectivity index (χ3v) is 4.96. The van der Waals surface area contributed by atoms with Crippen LogP contribution >= 0.6 is 0 Å². The minimum atomic E-state index is -4.11. The molecule has 136 valence electrons. The average Bonchev–Trinajstić information content (AvgIpc) is 2.86. The summed E-state index contributed by atoms with van der Waals surface area (Å²) in [6.07, 6.45) is 0.404. The predicted octanol–water partition coefficient (Wildman–Crippen LogP) is 0.880. The van der Waals surface area contributed by atoms with Gasteiger partial charge in [0.1, 0.15) is 11.9 Å². The second-order valence-electron chi connectivity index (χ2n) is 5.41. The van der Waals surface area contributed by atoms with Crippen molar-refractivity contribution in [2.75, 3.05) is 0 Å². The molecule has 1 heterocycles. The van der Waals surface area contributed by atoms with E-state index in [-0.39, 0.29) is 24.2 Å². The van der Waals surface area contributed by atoms with E-state index < -0.39 is 39.7 Å². The van der Waals surface area contributed by atoms with Crippen LogP contribution in [0.1, 0.15) is 32.6 Å². The largest absolute Gasteiger partial charge is 0.350 e. The number of nitrogens with zero attached hydrogens (tertiary/aromatic N) is 1. The molecule has 1 N–H and O–H groups in total. The van der Waals surface area contributed by atoms with Crippen LogP contribution in [0.25, 0.3) is 0 Å². The minimum absolute atomic E-state index is 0.0636. The fourth-order valence-electron chi connectivity index (χ4n) is 2.19. The number of nitrogens with one attached hydrogen (secondary N) is 1. The zero-order chi connectivity index (χ0) is 18.6. The number of hydrogen-bond donors (Lipinski definition) is 1. The van der Waals surface area contributed by atoms with E-state index in [1.165, 1.54) is 0 Å². The maximum atomic E-state index is 12.9. The molecule has 0 saturated carbocycles. The van der Waals surface area contributed by atoms with E-state index in [4.69, 9.17) is 4.84 Å². The first-order valence-corrected chi connectivity index (χ1v) is 9.08. The first-order valence-electron chi connectivity index (χ1n) is 7.60. The van der Waals surface area contributed by atoms with Crippen LogP contribution in [0.3, 0.4) is 0 Å². The van der Waals surface area contributed by atoms with Gasteiger partial charge in [0, 0.05) is 12.8 Å². The Morgan fingerprint density at radius 1 is 1.24 bits per heavy atom. The van der Waals surface area contributed by atoms with Gasteiger partial charge in [-0.3, -0.25) is 9.59 Å². The topological polar surface area (TPSA) is 110 Å². The van der Waals surface area contributed by atoms with E-state index >= 15 is 0 Å². The van der Waals surface area contributed by atoms with E-state index in [0.717, 1.165) is 24.3 Å². The van der Waals surface area contributed by atoms with Crippen molar-refractivity contribution in [3.8, 4) is 0 Å². The van der Waals surface area contributed by atoms with Gasteiger partial charge >= 0.3 is 5.97 Å². The van der Waals surface area contributed by atoms with Gasteiger partial charge in [-0.15, -0.1) is 5.06 Å². The predicted molar refractivity (Wildman–Crippen MR) is 82.6 cm³/mol. The molecule has 0 unspecified atom stereocenters. The normalized spacial score (nSPS) is 16.2. The molecule has 25 heavy (non-hydrogen) atoms. The fraction of sp³-hybridized carbons (Fsp3) is 0.400. The van der Waals surface area contributed by atoms with Crippen LogP contribution in [-0.4, -0.2) is 37.3 Å². The lowest BCUT2D eigenvalue weighted by atomic mass is 10.2. The maximum Gasteiger partial charge on any atom is 0.350 e. The summed E-state index contributed by atoms with van der Waals surface area (Å²) in [5, 5.41) is 0.358. The van der Waals surface area contributed by atoms with Gasteiger partial charge in [0.2, 0.25) is 10.0 Å². The summed E-state index contributed by atoms with van der Waals surface area (Å²) in [5.74, 6) is -2.98. The molecule has 0 aromatic heterocycles. The number of hydrogen-bond acceptors (Lipinski definition) is 6. The van der Waals surface area contributed by atoms with E-state index in [1.54, 1.807) is 6.92 Å². The van der Waals surface area contributed by atoms with Gasteiger partial charge in [-0.2, -0.15) is 4.72 Å². The first kappa shape index (κ1) is 19.0. The molecule has 2 amide bonds. The lowest BCUT2D eigenvalue weighted by molar-refractivity contribution is -0.198. The summed E-state index contributed by atoms with van der Waals surface area (Å²) in [6.45, 7) is 1.72. The molecule has 1 aliphatic heterocycles. The Balaban J connectivity index is 2.14. The monoisotopic (exact) mass is 372 g/mol. The van der Waals surface area contributed by atoms with Crippen LogP contribution in [0.5, 0.6) is 0 Å². The average molecular weight is 372 g/mol. The Kier molecular flexibility index (Phi) is 5.85. The van der Waals surface area contributed by atoms with E-state index in [9.17, 15) is 27.2 Å². The second kappa shape index (κ2) is 7.70. The lowest BCUT2D eigenvalue weighted by Crippen LogP contribution is -2.45. The van der Waals surface area contributed by atoms with Crippen LogP contribution in [-0.2, 0) is 29.2 Å². The van der Waals surface area contributed by atoms with Gasteiger partial charge in [0.25, 0.3) is 11.8 Å². The van der Waals surface area contributed by atoms with Crippen LogP contribution in [0.15, 0.2) is 29.2 Å². The smallest absolute Gasteiger partial charge is 0.329 e. The molecule has 1 fully saturated rings. The summed E-state index contributed by atoms with van der Waals surface area (Å²) in [4.78, 5) is 39.7. The molecule has 1 aromatic rings. The van der Waals surface area contributed by atoms with Gasteiger partial charge in [-0.1, -0.05) is 13.3 Å². The highest BCUT2D eigenvalue weighted by molar-refractivity contribution is 7.89. The summed E-state index contributed by atoms with van der Waals surface area (Å²) < 4.78 is 39.7. The van der Waals surface area contributed by atoms with E-state index in [2.05, 4.69) is 4.72 Å². The first-order chi connectivity index (χ1) is 11.7. The number of carbonyl (C=O) groups is 3. The number of halogens is 1. The van der Waals surface area contributed by atoms with Gasteiger partial charge in [-0.25, -0.2) is 17.6 Å². The summed E-state index contributed by atoms with van der Waals surface area (Å²) >= 11 is 0. The molecular weight excluding hydrogens is 355 g/mol. The Morgan fingerprint density at radius 3 is 2.32 bits per heavy atom. The van der Waals surface area contributed by atoms with Crippen molar-refractivity contribution in [1.82, 2.24) is 9.79 Å². The number of hydroxylamine groups is 2. The third kappa shape index (κ3) is 4.60. The molecule has 1 aromatic carbocycles. The number of sulfonamides is 1. The third-order valence-electron chi connectivity index (χ3n) is 3.47. The molecule has 1 atom stereocenters. The number of carbonyl (C=O) groups excluding carboxylic acids is 3. The Hall–Kier alpha value is -2.33. The number of imide groups is 1. The standard InChI is InChI=1S/C15H17FN2O6S/c1-2-3-12(15(21)24-18-13(19)8-9-14(18)20)17-25(22,23)11-6-4-10(16)5-7-11/h4-7,12,17H,2-3,8-9H2,1H3/t12-/m0/s1. The minimum Gasteiger partial charge on any atom is -0.329 e. The molecule has 1 aliphatic rings. The van der Waals surface area contributed by atoms with Gasteiger partial charge in [-0.05, 0) is 30.7 Å². The van der Waals surface area contributed by atoms with Crippen LogP contribution in [0.4, 0.5) is 4.39 Å². The summed E-state index contributed by atoms with van der Waals surface area (Å²) in [5.41, 5.74) is 0. The van der Waals surface area contributed by atoms with Gasteiger partial charge in [0.05, 0.1) is 4.90 Å². The van der Waals surface area contributed by atoms with Crippen molar-refractivity contribution in [3.05, 3.63) is 30.1 Å². The zero-order valence-electron chi connectivity index (χ0n) is 13.4. The fourth-order valence-corrected chi connectivity index (χ4v) is 3.41. The highest BCUT2D eigenvalue weighted by Crippen LogP contribution is 2.15. The van der Waals surface area contributed by atoms with Crippen molar-refractivity contribution in [2.24, 2.45) is 0 Å². The van der Waals surface area contributed by atoms with Crippen LogP contribution in [0.2, 0.25) is 0 Å². The molecule has 2 rings (SSSR count). The molecule has 10 heteroatoms. The number of rotatable bonds is 7. The van der Waals surface area contributed by atoms with Gasteiger partial charge < -0.3 is 4.84 Å². The van der Waals surface area contributed by atoms with Crippen LogP contribution in [0, 0.1) is 5.82 Å². The quantitative estimate of drug-likeness (QED) is 0.712. The molecule has 1 saturated heterocycles. The van der Waals surface area contributed by atoms with Crippen molar-refractivity contribution in [2.45, 2.75) is 43.5 Å². The van der Waals surface area contributed by atoms with Crippen molar-refractivity contribution >= 4 is 27.8 Å². The summed E-state index contributed by atoms with van der Waals surface area (Å²) in [6, 6.07) is 2.77. The maximum absolute atomic E-state index is 12.9. The molecule has 0 aliphatic carbocycles. The van der Waals surface area contributed by atoms with Crippen molar-refractivity contribution < 1.29 is 32.0 Å². The van der Waals surface area contributed by atoms with E-state index in [0.29, 0.717) is 11.5 Å². The molecule has 0 radical (unpaired) electrons. The highest BCUT2D eigenvalue weighted by Gasteiger charge is 2.36. The van der Waals surface area contributed by atoms with Crippen molar-refractivity contribution in [1.29, 1.82) is 0 Å². The van der Waals surface area contributed by atoms with Gasteiger partial charge in [0.15, 0.2) is 0 Å².